The molecule has 0 atom stereocenters. The number of nitrogens with one attached hydrogen (secondary N) is 1. The minimum Gasteiger partial charge on any atom is -0.481 e. The molecule has 0 aromatic carbocycles. The van der Waals surface area contributed by atoms with Crippen molar-refractivity contribution in [2.75, 3.05) is 33.3 Å². The highest BCUT2D eigenvalue weighted by molar-refractivity contribution is 5.96. The largest absolute Gasteiger partial charge is 0.481 e. The number of rotatable bonds is 7. The van der Waals surface area contributed by atoms with Gasteiger partial charge in [0.25, 0.3) is 11.5 Å². The number of amidine groups is 2. The molecule has 2 aromatic heterocycles. The zero-order chi connectivity index (χ0) is 26.4. The highest BCUT2D eigenvalue weighted by Crippen LogP contribution is 2.17. The molecule has 1 saturated heterocycles. The van der Waals surface area contributed by atoms with E-state index in [2.05, 4.69) is 31.4 Å². The van der Waals surface area contributed by atoms with E-state index < -0.39 is 11.8 Å². The van der Waals surface area contributed by atoms with Crippen molar-refractivity contribution >= 4 is 34.4 Å². The lowest BCUT2D eigenvalue weighted by atomic mass is 10.2. The molecule has 2 N–H and O–H groups in total. The predicted molar refractivity (Wildman–Crippen MR) is 137 cm³/mol. The van der Waals surface area contributed by atoms with Crippen LogP contribution in [0, 0.1) is 0 Å². The van der Waals surface area contributed by atoms with Gasteiger partial charge in [-0.05, 0) is 32.4 Å². The van der Waals surface area contributed by atoms with Crippen LogP contribution in [0.2, 0.25) is 0 Å². The number of fused-ring (bicyclic) bond motifs is 1. The Morgan fingerprint density at radius 1 is 1.22 bits per heavy atom. The van der Waals surface area contributed by atoms with Crippen LogP contribution in [0.15, 0.2) is 52.5 Å². The number of halogens is 1. The summed E-state index contributed by atoms with van der Waals surface area (Å²) >= 11 is 0. The molecule has 36 heavy (non-hydrogen) atoms. The molecule has 0 bridgehead atoms. The standard InChI is InChI=1S/C25H32FN7O3/c1-16(13-22(34)35)14-28-25(18(3)26)33-11-9-32(10-12-33)19(4)27-15-17(2)24-30-23-20(31(24)5)7-8-21(29-23)36-6/h7-8,14-15H,3,9-13H2,1-2,4-6H3,(H,34,35)/p+1. The van der Waals surface area contributed by atoms with Crippen LogP contribution in [0.3, 0.4) is 0 Å². The average Bonchev–Trinajstić information content (AvgIpc) is 3.17. The van der Waals surface area contributed by atoms with Crippen molar-refractivity contribution in [3.8, 4) is 5.88 Å². The van der Waals surface area contributed by atoms with E-state index in [9.17, 15) is 9.18 Å². The van der Waals surface area contributed by atoms with Gasteiger partial charge in [0.15, 0.2) is 17.2 Å². The summed E-state index contributed by atoms with van der Waals surface area (Å²) < 4.78 is 21.3. The molecule has 192 valence electrons. The first-order chi connectivity index (χ1) is 17.1. The van der Waals surface area contributed by atoms with E-state index in [1.807, 2.05) is 48.7 Å². The number of methoxy groups -OCH3 is 1. The summed E-state index contributed by atoms with van der Waals surface area (Å²) in [5.41, 5.74) is 3.16. The number of ether oxygens (including phenoxy) is 1. The van der Waals surface area contributed by atoms with Gasteiger partial charge in [0.1, 0.15) is 5.84 Å². The molecule has 0 spiro atoms. The smallest absolute Gasteiger partial charge is 0.307 e. The Labute approximate surface area is 209 Å². The highest BCUT2D eigenvalue weighted by atomic mass is 19.1. The normalized spacial score (nSPS) is 16.1. The number of hydrogen-bond acceptors (Lipinski definition) is 5. The Hall–Kier alpha value is -4.02. The first-order valence-electron chi connectivity index (χ1n) is 11.5. The molecule has 11 heteroatoms. The van der Waals surface area contributed by atoms with Gasteiger partial charge in [0.05, 0.1) is 26.2 Å². The van der Waals surface area contributed by atoms with Gasteiger partial charge in [-0.1, -0.05) is 6.58 Å². The van der Waals surface area contributed by atoms with E-state index in [-0.39, 0.29) is 12.3 Å². The van der Waals surface area contributed by atoms with Crippen LogP contribution in [-0.2, 0) is 11.8 Å². The second kappa shape index (κ2) is 11.6. The maximum atomic E-state index is 14.1. The van der Waals surface area contributed by atoms with Crippen molar-refractivity contribution in [1.29, 1.82) is 0 Å². The number of carboxylic acid groups (broad SMARTS) is 1. The topological polar surface area (TPSA) is 110 Å². The van der Waals surface area contributed by atoms with E-state index in [4.69, 9.17) is 9.84 Å². The van der Waals surface area contributed by atoms with Gasteiger partial charge in [-0.25, -0.2) is 23.9 Å². The molecule has 0 aliphatic carbocycles. The highest BCUT2D eigenvalue weighted by Gasteiger charge is 2.22. The number of hydrogen-bond donors (Lipinski definition) is 2. The van der Waals surface area contributed by atoms with Gasteiger partial charge < -0.3 is 19.6 Å². The minimum atomic E-state index is -0.956. The summed E-state index contributed by atoms with van der Waals surface area (Å²) in [5, 5.41) is 8.87. The average molecular weight is 499 g/mol. The Morgan fingerprint density at radius 3 is 2.50 bits per heavy atom. The van der Waals surface area contributed by atoms with Gasteiger partial charge in [-0.3, -0.25) is 4.79 Å². The number of aryl methyl sites for hydroxylation is 1. The molecule has 0 unspecified atom stereocenters. The molecule has 3 rings (SSSR count). The molecule has 1 aliphatic rings. The molecule has 0 radical (unpaired) electrons. The van der Waals surface area contributed by atoms with Crippen molar-refractivity contribution in [3.63, 3.8) is 0 Å². The number of pyridine rings is 1. The molecule has 1 aliphatic heterocycles. The number of aliphatic imine (C=N–C) groups is 2. The lowest BCUT2D eigenvalue weighted by molar-refractivity contribution is -0.647. The van der Waals surface area contributed by atoms with Gasteiger partial charge in [0.2, 0.25) is 5.88 Å². The van der Waals surface area contributed by atoms with Gasteiger partial charge >= 0.3 is 5.97 Å². The summed E-state index contributed by atoms with van der Waals surface area (Å²) in [6.45, 7) is 11.3. The SMILES string of the molecule is C=C(F)C(=NC=C(C)CC(=O)O)N1CCN(C(C)=NC=C(C)c2[nH]c3nc(OC)ccc3[n+]2C)CC1. The fourth-order valence-corrected chi connectivity index (χ4v) is 3.94. The number of carbonyl (C=O) groups is 1. The van der Waals surface area contributed by atoms with Crippen LogP contribution in [0.25, 0.3) is 16.7 Å². The Bertz CT molecular complexity index is 1270. The van der Waals surface area contributed by atoms with Crippen LogP contribution in [-0.4, -0.2) is 75.8 Å². The minimum absolute atomic E-state index is 0.126. The molecular weight excluding hydrogens is 465 g/mol. The number of allylic oxidation sites excluding steroid dienone is 1. The van der Waals surface area contributed by atoms with Crippen LogP contribution < -0.4 is 9.30 Å². The molecule has 0 saturated carbocycles. The maximum absolute atomic E-state index is 14.1. The summed E-state index contributed by atoms with van der Waals surface area (Å²) in [7, 11) is 3.55. The lowest BCUT2D eigenvalue weighted by Gasteiger charge is -2.36. The summed E-state index contributed by atoms with van der Waals surface area (Å²) in [5.74, 6) is 0.804. The van der Waals surface area contributed by atoms with Crippen LogP contribution >= 0.6 is 0 Å². The van der Waals surface area contributed by atoms with Crippen molar-refractivity contribution < 1.29 is 23.6 Å². The van der Waals surface area contributed by atoms with Crippen molar-refractivity contribution in [1.82, 2.24) is 19.8 Å². The molecule has 3 heterocycles. The summed E-state index contributed by atoms with van der Waals surface area (Å²) in [6, 6.07) is 3.78. The van der Waals surface area contributed by atoms with Gasteiger partial charge in [0, 0.05) is 44.6 Å². The quantitative estimate of drug-likeness (QED) is 0.345. The third-order valence-corrected chi connectivity index (χ3v) is 5.93. The zero-order valence-electron chi connectivity index (χ0n) is 21.4. The third-order valence-electron chi connectivity index (χ3n) is 5.93. The molecule has 2 aromatic rings. The molecule has 1 fully saturated rings. The van der Waals surface area contributed by atoms with Crippen LogP contribution in [0.5, 0.6) is 5.88 Å². The van der Waals surface area contributed by atoms with E-state index in [0.29, 0.717) is 37.6 Å². The maximum Gasteiger partial charge on any atom is 0.307 e. The first-order valence-corrected chi connectivity index (χ1v) is 11.5. The third kappa shape index (κ3) is 6.35. The van der Waals surface area contributed by atoms with Gasteiger partial charge in [-0.2, -0.15) is 4.98 Å². The predicted octanol–water partition coefficient (Wildman–Crippen LogP) is 3.05. The van der Waals surface area contributed by atoms with Crippen LogP contribution in [0.1, 0.15) is 33.0 Å². The second-order valence-electron chi connectivity index (χ2n) is 8.62. The number of carboxylic acids is 1. The molecule has 10 nitrogen and oxygen atoms in total. The van der Waals surface area contributed by atoms with Gasteiger partial charge in [-0.15, -0.1) is 0 Å². The first kappa shape index (κ1) is 26.6. The number of aromatic nitrogens is 3. The zero-order valence-corrected chi connectivity index (χ0v) is 21.4. The monoisotopic (exact) mass is 498 g/mol. The van der Waals surface area contributed by atoms with Crippen molar-refractivity contribution in [2.45, 2.75) is 27.2 Å². The second-order valence-corrected chi connectivity index (χ2v) is 8.62. The Morgan fingerprint density at radius 2 is 1.89 bits per heavy atom. The fourth-order valence-electron chi connectivity index (χ4n) is 3.94. The number of nitrogens with zero attached hydrogens (tertiary/aromatic N) is 6. The number of H-pyrrole nitrogens is 1. The number of aromatic amines is 1. The van der Waals surface area contributed by atoms with Crippen molar-refractivity contribution in [3.05, 3.63) is 48.3 Å². The lowest BCUT2D eigenvalue weighted by Crippen LogP contribution is -2.50. The van der Waals surface area contributed by atoms with E-state index >= 15 is 0 Å². The number of piperazine rings is 1. The molecule has 0 amide bonds. The van der Waals surface area contributed by atoms with E-state index in [1.54, 1.807) is 14.0 Å². The van der Waals surface area contributed by atoms with Crippen molar-refractivity contribution in [2.24, 2.45) is 17.0 Å². The Balaban J connectivity index is 1.68. The number of aliphatic carboxylic acids is 1. The summed E-state index contributed by atoms with van der Waals surface area (Å²) in [6.07, 6.45) is 3.06. The van der Waals surface area contributed by atoms with E-state index in [1.165, 1.54) is 6.20 Å². The fraction of sp³-hybridized carbons (Fsp3) is 0.400. The van der Waals surface area contributed by atoms with E-state index in [0.717, 1.165) is 28.4 Å². The number of imidazole rings is 1. The molecular formula is C25H33FN7O3+. The Kier molecular flexibility index (Phi) is 8.57. The summed E-state index contributed by atoms with van der Waals surface area (Å²) in [4.78, 5) is 31.4. The van der Waals surface area contributed by atoms with Crippen LogP contribution in [0.4, 0.5) is 4.39 Å².